The van der Waals surface area contributed by atoms with E-state index in [1.54, 1.807) is 10.8 Å². The van der Waals surface area contributed by atoms with E-state index < -0.39 is 0 Å². The molecule has 1 atom stereocenters. The largest absolute Gasteiger partial charge is 0.347 e. The predicted molar refractivity (Wildman–Crippen MR) is 85.6 cm³/mol. The Labute approximate surface area is 125 Å². The molecule has 2 rings (SSSR count). The molecule has 0 bridgehead atoms. The number of nitrogens with one attached hydrogen (secondary N) is 1. The molecule has 4 nitrogen and oxygen atoms in total. The summed E-state index contributed by atoms with van der Waals surface area (Å²) in [6.45, 7) is 9.67. The van der Waals surface area contributed by atoms with Crippen molar-refractivity contribution >= 4 is 0 Å². The Morgan fingerprint density at radius 2 is 2.00 bits per heavy atom. The number of rotatable bonds is 5. The van der Waals surface area contributed by atoms with E-state index in [-0.39, 0.29) is 11.7 Å². The molecule has 1 unspecified atom stereocenters. The van der Waals surface area contributed by atoms with Gasteiger partial charge in [0.1, 0.15) is 0 Å². The van der Waals surface area contributed by atoms with Gasteiger partial charge in [-0.25, -0.2) is 9.78 Å². The maximum Gasteiger partial charge on any atom is 0.347 e. The molecule has 0 saturated carbocycles. The van der Waals surface area contributed by atoms with Gasteiger partial charge in [0.2, 0.25) is 0 Å². The van der Waals surface area contributed by atoms with E-state index in [9.17, 15) is 4.79 Å². The number of likely N-dealkylation sites (N-methyl/N-ethyl adjacent to an activating group) is 1. The van der Waals surface area contributed by atoms with E-state index in [0.29, 0.717) is 6.54 Å². The third-order valence-corrected chi connectivity index (χ3v) is 3.62. The van der Waals surface area contributed by atoms with Crippen molar-refractivity contribution in [2.24, 2.45) is 0 Å². The number of aryl methyl sites for hydroxylation is 3. The van der Waals surface area contributed by atoms with Crippen LogP contribution in [0.1, 0.15) is 35.2 Å². The van der Waals surface area contributed by atoms with E-state index in [4.69, 9.17) is 0 Å². The first-order valence-corrected chi connectivity index (χ1v) is 7.35. The van der Waals surface area contributed by atoms with Gasteiger partial charge in [-0.1, -0.05) is 30.7 Å². The zero-order valence-electron chi connectivity index (χ0n) is 13.2. The lowest BCUT2D eigenvalue weighted by Gasteiger charge is -2.22. The first kappa shape index (κ1) is 15.4. The second kappa shape index (κ2) is 6.68. The Hall–Kier alpha value is -1.94. The van der Waals surface area contributed by atoms with Crippen molar-refractivity contribution < 1.29 is 0 Å². The Bertz CT molecular complexity index is 676. The van der Waals surface area contributed by atoms with Crippen molar-refractivity contribution in [1.82, 2.24) is 14.9 Å². The van der Waals surface area contributed by atoms with Crippen LogP contribution in [0.2, 0.25) is 0 Å². The van der Waals surface area contributed by atoms with Crippen molar-refractivity contribution in [3.63, 3.8) is 0 Å². The van der Waals surface area contributed by atoms with Crippen molar-refractivity contribution in [1.29, 1.82) is 0 Å². The lowest BCUT2D eigenvalue weighted by Crippen LogP contribution is -2.32. The van der Waals surface area contributed by atoms with Crippen LogP contribution in [-0.2, 0) is 6.54 Å². The van der Waals surface area contributed by atoms with Crippen molar-refractivity contribution in [2.45, 2.75) is 40.3 Å². The molecule has 0 fully saturated rings. The van der Waals surface area contributed by atoms with Crippen LogP contribution in [-0.4, -0.2) is 16.1 Å². The third-order valence-electron chi connectivity index (χ3n) is 3.62. The summed E-state index contributed by atoms with van der Waals surface area (Å²) in [4.78, 5) is 15.8. The molecule has 2 aromatic rings. The monoisotopic (exact) mass is 285 g/mol. The smallest absolute Gasteiger partial charge is 0.309 e. The molecule has 1 aromatic carbocycles. The minimum atomic E-state index is -0.200. The Kier molecular flexibility index (Phi) is 4.91. The third kappa shape index (κ3) is 3.79. The number of aromatic nitrogens is 2. The molecule has 1 heterocycles. The van der Waals surface area contributed by atoms with Gasteiger partial charge < -0.3 is 5.32 Å². The molecule has 112 valence electrons. The first-order valence-electron chi connectivity index (χ1n) is 7.35. The fourth-order valence-electron chi connectivity index (χ4n) is 2.55. The number of benzene rings is 1. The maximum atomic E-state index is 11.9. The highest BCUT2D eigenvalue weighted by Crippen LogP contribution is 2.20. The normalized spacial score (nSPS) is 12.4. The van der Waals surface area contributed by atoms with Gasteiger partial charge in [-0.15, -0.1) is 0 Å². The summed E-state index contributed by atoms with van der Waals surface area (Å²) < 4.78 is 1.68. The zero-order chi connectivity index (χ0) is 15.4. The van der Waals surface area contributed by atoms with E-state index >= 15 is 0 Å². The molecule has 1 aromatic heterocycles. The molecular formula is C17H23N3O. The molecule has 1 N–H and O–H groups in total. The summed E-state index contributed by atoms with van der Waals surface area (Å²) in [7, 11) is 0. The van der Waals surface area contributed by atoms with Crippen LogP contribution in [0.3, 0.4) is 0 Å². The SMILES string of the molecule is CCNC(Cn1cc(C)cnc1=O)c1cc(C)ccc1C. The number of hydrogen-bond donors (Lipinski definition) is 1. The zero-order valence-corrected chi connectivity index (χ0v) is 13.2. The van der Waals surface area contributed by atoms with Crippen LogP contribution in [0.15, 0.2) is 35.4 Å². The van der Waals surface area contributed by atoms with E-state index in [1.165, 1.54) is 16.7 Å². The minimum absolute atomic E-state index is 0.108. The summed E-state index contributed by atoms with van der Waals surface area (Å²) >= 11 is 0. The molecule has 0 saturated heterocycles. The number of hydrogen-bond acceptors (Lipinski definition) is 3. The van der Waals surface area contributed by atoms with Crippen LogP contribution in [0.4, 0.5) is 0 Å². The fourth-order valence-corrected chi connectivity index (χ4v) is 2.55. The Balaban J connectivity index is 2.37. The van der Waals surface area contributed by atoms with Gasteiger partial charge >= 0.3 is 5.69 Å². The predicted octanol–water partition coefficient (Wildman–Crippen LogP) is 2.52. The van der Waals surface area contributed by atoms with Crippen LogP contribution >= 0.6 is 0 Å². The van der Waals surface area contributed by atoms with Gasteiger partial charge in [0.05, 0.1) is 6.04 Å². The summed E-state index contributed by atoms with van der Waals surface area (Å²) in [5.74, 6) is 0. The average Bonchev–Trinajstić information content (AvgIpc) is 2.45. The lowest BCUT2D eigenvalue weighted by atomic mass is 9.98. The van der Waals surface area contributed by atoms with E-state index in [2.05, 4.69) is 49.3 Å². The van der Waals surface area contributed by atoms with Crippen LogP contribution in [0.25, 0.3) is 0 Å². The summed E-state index contributed by atoms with van der Waals surface area (Å²) in [5, 5.41) is 3.47. The summed E-state index contributed by atoms with van der Waals surface area (Å²) in [5.41, 5.74) is 4.50. The highest BCUT2D eigenvalue weighted by atomic mass is 16.1. The minimum Gasteiger partial charge on any atom is -0.309 e. The molecule has 4 heteroatoms. The van der Waals surface area contributed by atoms with Crippen LogP contribution in [0, 0.1) is 20.8 Å². The standard InChI is InChI=1S/C17H23N3O/c1-5-18-16(15-8-12(2)6-7-14(15)4)11-20-10-13(3)9-19-17(20)21/h6-10,16,18H,5,11H2,1-4H3. The highest BCUT2D eigenvalue weighted by molar-refractivity contribution is 5.33. The van der Waals surface area contributed by atoms with Gasteiger partial charge in [-0.3, -0.25) is 4.57 Å². The van der Waals surface area contributed by atoms with E-state index in [0.717, 1.165) is 12.1 Å². The second-order valence-electron chi connectivity index (χ2n) is 5.54. The van der Waals surface area contributed by atoms with Gasteiger partial charge in [-0.2, -0.15) is 0 Å². The van der Waals surface area contributed by atoms with E-state index in [1.807, 2.05) is 13.1 Å². The molecule has 0 spiro atoms. The quantitative estimate of drug-likeness (QED) is 0.918. The average molecular weight is 285 g/mol. The van der Waals surface area contributed by atoms with Gasteiger partial charge in [0.25, 0.3) is 0 Å². The fraction of sp³-hybridized carbons (Fsp3) is 0.412. The number of nitrogens with zero attached hydrogens (tertiary/aromatic N) is 2. The summed E-state index contributed by atoms with van der Waals surface area (Å²) in [6, 6.07) is 6.54. The van der Waals surface area contributed by atoms with Crippen molar-refractivity contribution in [3.8, 4) is 0 Å². The van der Waals surface area contributed by atoms with Crippen molar-refractivity contribution in [2.75, 3.05) is 6.54 Å². The second-order valence-corrected chi connectivity index (χ2v) is 5.54. The Morgan fingerprint density at radius 3 is 2.71 bits per heavy atom. The van der Waals surface area contributed by atoms with Gasteiger partial charge in [-0.05, 0) is 44.0 Å². The molecule has 0 radical (unpaired) electrons. The molecular weight excluding hydrogens is 262 g/mol. The Morgan fingerprint density at radius 1 is 1.24 bits per heavy atom. The molecule has 0 aliphatic heterocycles. The van der Waals surface area contributed by atoms with Crippen LogP contribution < -0.4 is 11.0 Å². The van der Waals surface area contributed by atoms with Crippen molar-refractivity contribution in [3.05, 3.63) is 63.3 Å². The lowest BCUT2D eigenvalue weighted by molar-refractivity contribution is 0.459. The summed E-state index contributed by atoms with van der Waals surface area (Å²) in [6.07, 6.45) is 3.48. The molecule has 0 amide bonds. The van der Waals surface area contributed by atoms with Crippen LogP contribution in [0.5, 0.6) is 0 Å². The first-order chi connectivity index (χ1) is 10.0. The van der Waals surface area contributed by atoms with Gasteiger partial charge in [0, 0.05) is 18.9 Å². The van der Waals surface area contributed by atoms with Gasteiger partial charge in [0.15, 0.2) is 0 Å². The topological polar surface area (TPSA) is 46.9 Å². The molecule has 0 aliphatic carbocycles. The maximum absolute atomic E-state index is 11.9. The molecule has 0 aliphatic rings. The molecule has 21 heavy (non-hydrogen) atoms. The highest BCUT2D eigenvalue weighted by Gasteiger charge is 2.14.